The summed E-state index contributed by atoms with van der Waals surface area (Å²) < 4.78 is 8.76. The first-order chi connectivity index (χ1) is 9.60. The fourth-order valence-corrected chi connectivity index (χ4v) is 2.26. The van der Waals surface area contributed by atoms with Crippen LogP contribution >= 0.6 is 0 Å². The third kappa shape index (κ3) is 2.16. The van der Waals surface area contributed by atoms with Crippen molar-refractivity contribution in [3.05, 3.63) is 46.0 Å². The molecule has 7 heteroatoms. The van der Waals surface area contributed by atoms with Crippen molar-refractivity contribution in [1.29, 1.82) is 0 Å². The van der Waals surface area contributed by atoms with Crippen molar-refractivity contribution in [2.75, 3.05) is 0 Å². The summed E-state index contributed by atoms with van der Waals surface area (Å²) in [5.41, 5.74) is 2.68. The predicted molar refractivity (Wildman–Crippen MR) is 71.2 cm³/mol. The van der Waals surface area contributed by atoms with Gasteiger partial charge in [-0.3, -0.25) is 19.4 Å². The fourth-order valence-electron chi connectivity index (χ4n) is 2.26. The molecule has 1 fully saturated rings. The summed E-state index contributed by atoms with van der Waals surface area (Å²) >= 11 is 0. The highest BCUT2D eigenvalue weighted by molar-refractivity contribution is 5.92. The SMILES string of the molecule is Cc1cc(Cn2ccn(C3CC3)c2=O)oc1C(=O)NN. The Bertz CT molecular complexity index is 706. The molecule has 0 spiro atoms. The van der Waals surface area contributed by atoms with Gasteiger partial charge in [0, 0.05) is 24.0 Å². The van der Waals surface area contributed by atoms with Gasteiger partial charge in [0.25, 0.3) is 0 Å². The topological polar surface area (TPSA) is 95.2 Å². The molecule has 106 valence electrons. The molecule has 1 saturated carbocycles. The van der Waals surface area contributed by atoms with E-state index in [1.807, 2.05) is 5.43 Å². The molecule has 3 N–H and O–H groups in total. The maximum atomic E-state index is 12.1. The van der Waals surface area contributed by atoms with Crippen molar-refractivity contribution >= 4 is 5.91 Å². The molecule has 0 unspecified atom stereocenters. The number of aromatic nitrogens is 2. The van der Waals surface area contributed by atoms with Gasteiger partial charge in [0.1, 0.15) is 5.76 Å². The standard InChI is InChI=1S/C13H16N4O3/c1-8-6-10(20-11(8)12(18)15-14)7-16-4-5-17(13(16)19)9-2-3-9/h4-6,9H,2-3,7,14H2,1H3,(H,15,18). The first-order valence-corrected chi connectivity index (χ1v) is 6.47. The molecule has 2 aromatic rings. The van der Waals surface area contributed by atoms with Crippen LogP contribution in [0.2, 0.25) is 0 Å². The molecule has 0 bridgehead atoms. The molecule has 0 saturated heterocycles. The summed E-state index contributed by atoms with van der Waals surface area (Å²) in [5, 5.41) is 0. The summed E-state index contributed by atoms with van der Waals surface area (Å²) in [6, 6.07) is 2.09. The number of hydrogen-bond acceptors (Lipinski definition) is 4. The zero-order valence-corrected chi connectivity index (χ0v) is 11.1. The first-order valence-electron chi connectivity index (χ1n) is 6.47. The number of nitrogens with zero attached hydrogens (tertiary/aromatic N) is 2. The van der Waals surface area contributed by atoms with Gasteiger partial charge in [-0.2, -0.15) is 0 Å². The molecule has 1 amide bonds. The second-order valence-corrected chi connectivity index (χ2v) is 5.05. The number of amides is 1. The predicted octanol–water partition coefficient (Wildman–Crippen LogP) is 0.538. The van der Waals surface area contributed by atoms with Crippen LogP contribution in [0, 0.1) is 6.92 Å². The molecule has 0 aromatic carbocycles. The van der Waals surface area contributed by atoms with Gasteiger partial charge in [-0.15, -0.1) is 0 Å². The molecule has 3 rings (SSSR count). The number of carbonyl (C=O) groups is 1. The van der Waals surface area contributed by atoms with Gasteiger partial charge < -0.3 is 4.42 Å². The van der Waals surface area contributed by atoms with Crippen LogP contribution in [-0.2, 0) is 6.54 Å². The van der Waals surface area contributed by atoms with E-state index in [4.69, 9.17) is 10.3 Å². The van der Waals surface area contributed by atoms with Gasteiger partial charge in [0.2, 0.25) is 0 Å². The Kier molecular flexibility index (Phi) is 2.98. The van der Waals surface area contributed by atoms with E-state index in [1.165, 1.54) is 0 Å². The average Bonchev–Trinajstić information content (AvgIpc) is 3.12. The summed E-state index contributed by atoms with van der Waals surface area (Å²) in [5.74, 6) is 5.34. The second-order valence-electron chi connectivity index (χ2n) is 5.05. The highest BCUT2D eigenvalue weighted by Crippen LogP contribution is 2.33. The average molecular weight is 276 g/mol. The molecule has 0 radical (unpaired) electrons. The van der Waals surface area contributed by atoms with E-state index in [0.717, 1.165) is 12.8 Å². The lowest BCUT2D eigenvalue weighted by atomic mass is 10.2. The molecule has 2 heterocycles. The third-order valence-corrected chi connectivity index (χ3v) is 3.45. The summed E-state index contributed by atoms with van der Waals surface area (Å²) in [6.45, 7) is 2.06. The molecular weight excluding hydrogens is 260 g/mol. The number of nitrogens with two attached hydrogens (primary N) is 1. The number of carbonyl (C=O) groups excluding carboxylic acids is 1. The summed E-state index contributed by atoms with van der Waals surface area (Å²) in [6.07, 6.45) is 5.65. The van der Waals surface area contributed by atoms with Crippen LogP contribution < -0.4 is 17.0 Å². The van der Waals surface area contributed by atoms with Gasteiger partial charge in [0.15, 0.2) is 5.76 Å². The number of nitrogens with one attached hydrogen (secondary N) is 1. The van der Waals surface area contributed by atoms with Crippen molar-refractivity contribution in [3.8, 4) is 0 Å². The Morgan fingerprint density at radius 3 is 2.90 bits per heavy atom. The zero-order valence-electron chi connectivity index (χ0n) is 11.1. The number of hydrogen-bond donors (Lipinski definition) is 2. The Balaban J connectivity index is 1.84. The largest absolute Gasteiger partial charge is 0.454 e. The van der Waals surface area contributed by atoms with Crippen molar-refractivity contribution in [3.63, 3.8) is 0 Å². The van der Waals surface area contributed by atoms with Crippen LogP contribution in [0.15, 0.2) is 27.7 Å². The van der Waals surface area contributed by atoms with Gasteiger partial charge >= 0.3 is 11.6 Å². The number of aryl methyl sites for hydroxylation is 1. The summed E-state index contributed by atoms with van der Waals surface area (Å²) in [4.78, 5) is 23.6. The van der Waals surface area contributed by atoms with Crippen LogP contribution in [-0.4, -0.2) is 15.0 Å². The van der Waals surface area contributed by atoms with Gasteiger partial charge in [0.05, 0.1) is 6.54 Å². The van der Waals surface area contributed by atoms with Crippen LogP contribution in [0.25, 0.3) is 0 Å². The van der Waals surface area contributed by atoms with Crippen molar-refractivity contribution in [1.82, 2.24) is 14.6 Å². The minimum atomic E-state index is -0.475. The molecule has 1 aliphatic rings. The number of nitrogen functional groups attached to an aromatic ring is 1. The lowest BCUT2D eigenvalue weighted by Crippen LogP contribution is -2.30. The molecule has 0 aliphatic heterocycles. The second kappa shape index (κ2) is 4.68. The Hall–Kier alpha value is -2.28. The minimum absolute atomic E-state index is 0.0496. The molecule has 2 aromatic heterocycles. The first kappa shape index (κ1) is 12.7. The van der Waals surface area contributed by atoms with E-state index in [-0.39, 0.29) is 11.4 Å². The molecule has 20 heavy (non-hydrogen) atoms. The molecular formula is C13H16N4O3. The van der Waals surface area contributed by atoms with E-state index < -0.39 is 5.91 Å². The number of rotatable bonds is 4. The van der Waals surface area contributed by atoms with Gasteiger partial charge in [-0.05, 0) is 25.8 Å². The number of imidazole rings is 1. The summed E-state index contributed by atoms with van der Waals surface area (Å²) in [7, 11) is 0. The lowest BCUT2D eigenvalue weighted by Gasteiger charge is -1.99. The van der Waals surface area contributed by atoms with E-state index >= 15 is 0 Å². The molecule has 7 nitrogen and oxygen atoms in total. The van der Waals surface area contributed by atoms with Crippen LogP contribution in [0.5, 0.6) is 0 Å². The van der Waals surface area contributed by atoms with Crippen LogP contribution in [0.4, 0.5) is 0 Å². The minimum Gasteiger partial charge on any atom is -0.454 e. The van der Waals surface area contributed by atoms with Crippen molar-refractivity contribution < 1.29 is 9.21 Å². The van der Waals surface area contributed by atoms with E-state index in [0.29, 0.717) is 23.9 Å². The Labute approximate surface area is 114 Å². The fraction of sp³-hybridized carbons (Fsp3) is 0.385. The normalized spacial score (nSPS) is 14.5. The van der Waals surface area contributed by atoms with E-state index in [9.17, 15) is 9.59 Å². The number of hydrazine groups is 1. The molecule has 0 atom stereocenters. The lowest BCUT2D eigenvalue weighted by molar-refractivity contribution is 0.0923. The van der Waals surface area contributed by atoms with Crippen molar-refractivity contribution in [2.24, 2.45) is 5.84 Å². The molecule has 1 aliphatic carbocycles. The maximum absolute atomic E-state index is 12.1. The van der Waals surface area contributed by atoms with Crippen LogP contribution in [0.3, 0.4) is 0 Å². The Morgan fingerprint density at radius 2 is 2.25 bits per heavy atom. The van der Waals surface area contributed by atoms with Gasteiger partial charge in [-0.25, -0.2) is 10.6 Å². The van der Waals surface area contributed by atoms with E-state index in [1.54, 1.807) is 34.5 Å². The highest BCUT2D eigenvalue weighted by Gasteiger charge is 2.25. The monoisotopic (exact) mass is 276 g/mol. The third-order valence-electron chi connectivity index (χ3n) is 3.45. The highest BCUT2D eigenvalue weighted by atomic mass is 16.4. The van der Waals surface area contributed by atoms with Crippen LogP contribution in [0.1, 0.15) is 40.8 Å². The quantitative estimate of drug-likeness (QED) is 0.484. The van der Waals surface area contributed by atoms with E-state index in [2.05, 4.69) is 0 Å². The number of furan rings is 1. The maximum Gasteiger partial charge on any atom is 0.328 e. The smallest absolute Gasteiger partial charge is 0.328 e. The van der Waals surface area contributed by atoms with Gasteiger partial charge in [-0.1, -0.05) is 0 Å². The Morgan fingerprint density at radius 1 is 1.50 bits per heavy atom. The zero-order chi connectivity index (χ0) is 14.3. The van der Waals surface area contributed by atoms with Crippen molar-refractivity contribution in [2.45, 2.75) is 32.4 Å².